The number of anilines is 3. The molecule has 230 valence electrons. The van der Waals surface area contributed by atoms with Gasteiger partial charge in [-0.25, -0.2) is 0 Å². The van der Waals surface area contributed by atoms with Crippen LogP contribution in [0.2, 0.25) is 0 Å². The Morgan fingerprint density at radius 1 is 0.408 bits per heavy atom. The minimum Gasteiger partial charge on any atom is -0.456 e. The molecule has 0 N–H and O–H groups in total. The molecule has 8 aromatic carbocycles. The van der Waals surface area contributed by atoms with Crippen LogP contribution in [-0.4, -0.2) is 0 Å². The van der Waals surface area contributed by atoms with E-state index in [1.54, 1.807) is 0 Å². The lowest BCUT2D eigenvalue weighted by molar-refractivity contribution is 0.669. The Balaban J connectivity index is 1.25. The van der Waals surface area contributed by atoms with Gasteiger partial charge in [-0.2, -0.15) is 0 Å². The smallest absolute Gasteiger partial charge is 0.137 e. The zero-order chi connectivity index (χ0) is 32.3. The molecular formula is C46H29NOS. The fourth-order valence-corrected chi connectivity index (χ4v) is 8.62. The molecule has 10 aromatic rings. The van der Waals surface area contributed by atoms with E-state index >= 15 is 0 Å². The van der Waals surface area contributed by atoms with E-state index in [0.717, 1.165) is 44.6 Å². The van der Waals surface area contributed by atoms with Gasteiger partial charge in [0.2, 0.25) is 0 Å². The Bertz CT molecular complexity index is 2860. The highest BCUT2D eigenvalue weighted by Gasteiger charge is 2.23. The molecule has 0 fully saturated rings. The van der Waals surface area contributed by atoms with Crippen LogP contribution in [-0.2, 0) is 0 Å². The number of para-hydroxylation sites is 3. The summed E-state index contributed by atoms with van der Waals surface area (Å²) in [6, 6.07) is 63.3. The minimum atomic E-state index is 0.871. The molecule has 0 unspecified atom stereocenters. The first-order valence-corrected chi connectivity index (χ1v) is 17.4. The fraction of sp³-hybridized carbons (Fsp3) is 0. The van der Waals surface area contributed by atoms with Gasteiger partial charge in [0.1, 0.15) is 11.2 Å². The third kappa shape index (κ3) is 4.55. The molecular weight excluding hydrogens is 615 g/mol. The molecule has 0 aliphatic rings. The molecule has 0 radical (unpaired) electrons. The van der Waals surface area contributed by atoms with Crippen molar-refractivity contribution in [2.75, 3.05) is 4.90 Å². The highest BCUT2D eigenvalue weighted by molar-refractivity contribution is 7.26. The van der Waals surface area contributed by atoms with E-state index in [4.69, 9.17) is 4.42 Å². The van der Waals surface area contributed by atoms with Crippen LogP contribution in [0.15, 0.2) is 180 Å². The number of hydrogen-bond donors (Lipinski definition) is 0. The summed E-state index contributed by atoms with van der Waals surface area (Å²) in [6.07, 6.45) is 0. The number of nitrogens with zero attached hydrogens (tertiary/aromatic N) is 1. The second kappa shape index (κ2) is 11.2. The summed E-state index contributed by atoms with van der Waals surface area (Å²) in [4.78, 5) is 2.42. The maximum absolute atomic E-state index is 6.46. The van der Waals surface area contributed by atoms with Crippen molar-refractivity contribution in [3.05, 3.63) is 176 Å². The second-order valence-corrected chi connectivity index (χ2v) is 13.5. The quantitative estimate of drug-likeness (QED) is 0.186. The third-order valence-electron chi connectivity index (χ3n) is 9.67. The van der Waals surface area contributed by atoms with Crippen LogP contribution in [0.3, 0.4) is 0 Å². The molecule has 2 aromatic heterocycles. The Morgan fingerprint density at radius 2 is 1.06 bits per heavy atom. The van der Waals surface area contributed by atoms with E-state index < -0.39 is 0 Å². The van der Waals surface area contributed by atoms with Gasteiger partial charge in [0.25, 0.3) is 0 Å². The molecule has 0 atom stereocenters. The van der Waals surface area contributed by atoms with Crippen LogP contribution >= 0.6 is 11.3 Å². The lowest BCUT2D eigenvalue weighted by Crippen LogP contribution is -2.12. The third-order valence-corrected chi connectivity index (χ3v) is 10.9. The molecule has 0 saturated carbocycles. The number of fused-ring (bicyclic) bond motifs is 7. The van der Waals surface area contributed by atoms with Crippen molar-refractivity contribution in [3.8, 4) is 22.3 Å². The lowest BCUT2D eigenvalue weighted by atomic mass is 9.96. The van der Waals surface area contributed by atoms with Gasteiger partial charge < -0.3 is 9.32 Å². The van der Waals surface area contributed by atoms with Crippen molar-refractivity contribution in [1.82, 2.24) is 0 Å². The minimum absolute atomic E-state index is 0.871. The first-order valence-electron chi connectivity index (χ1n) is 16.6. The van der Waals surface area contributed by atoms with Gasteiger partial charge in [-0.05, 0) is 58.8 Å². The number of rotatable bonds is 5. The molecule has 0 aliphatic heterocycles. The van der Waals surface area contributed by atoms with Crippen LogP contribution in [0.25, 0.3) is 75.1 Å². The van der Waals surface area contributed by atoms with E-state index in [1.165, 1.54) is 47.6 Å². The molecule has 0 amide bonds. The molecule has 0 spiro atoms. The lowest BCUT2D eigenvalue weighted by Gasteiger charge is -2.30. The van der Waals surface area contributed by atoms with Crippen molar-refractivity contribution in [2.24, 2.45) is 0 Å². The molecule has 2 nitrogen and oxygen atoms in total. The van der Waals surface area contributed by atoms with Crippen LogP contribution in [0.5, 0.6) is 0 Å². The van der Waals surface area contributed by atoms with E-state index in [9.17, 15) is 0 Å². The average molecular weight is 644 g/mol. The standard InChI is InChI=1S/C46H29NOS/c1-2-13-31-28-32(25-24-30(31)12-1)34-14-3-7-20-41(34)47(33-26-27-37-36-16-5-9-22-43(36)48-44(37)29-33)42-21-8-4-15-35(42)39-18-11-19-40-38-17-6-10-23-45(38)49-46(39)40/h1-29H. The Hall–Kier alpha value is -6.16. The van der Waals surface area contributed by atoms with Crippen LogP contribution < -0.4 is 4.90 Å². The molecule has 0 bridgehead atoms. The largest absolute Gasteiger partial charge is 0.456 e. The average Bonchev–Trinajstić information content (AvgIpc) is 3.73. The van der Waals surface area contributed by atoms with Gasteiger partial charge >= 0.3 is 0 Å². The van der Waals surface area contributed by atoms with E-state index in [2.05, 4.69) is 169 Å². The molecule has 10 rings (SSSR count). The van der Waals surface area contributed by atoms with Gasteiger partial charge in [-0.3, -0.25) is 0 Å². The van der Waals surface area contributed by atoms with Gasteiger partial charge in [0.05, 0.1) is 11.4 Å². The summed E-state index contributed by atoms with van der Waals surface area (Å²) in [5.74, 6) is 0. The topological polar surface area (TPSA) is 16.4 Å². The Labute approximate surface area is 287 Å². The summed E-state index contributed by atoms with van der Waals surface area (Å²) in [7, 11) is 0. The summed E-state index contributed by atoms with van der Waals surface area (Å²) >= 11 is 1.87. The summed E-state index contributed by atoms with van der Waals surface area (Å²) in [5, 5.41) is 7.30. The van der Waals surface area contributed by atoms with Crippen molar-refractivity contribution < 1.29 is 4.42 Å². The van der Waals surface area contributed by atoms with Crippen molar-refractivity contribution in [2.45, 2.75) is 0 Å². The molecule has 0 saturated heterocycles. The maximum Gasteiger partial charge on any atom is 0.137 e. The highest BCUT2D eigenvalue weighted by atomic mass is 32.1. The molecule has 49 heavy (non-hydrogen) atoms. The fourth-order valence-electron chi connectivity index (χ4n) is 7.39. The van der Waals surface area contributed by atoms with Gasteiger partial charge in [-0.15, -0.1) is 11.3 Å². The van der Waals surface area contributed by atoms with Gasteiger partial charge in [0, 0.05) is 59.4 Å². The summed E-state index contributed by atoms with van der Waals surface area (Å²) in [6.45, 7) is 0. The van der Waals surface area contributed by atoms with Gasteiger partial charge in [-0.1, -0.05) is 127 Å². The monoisotopic (exact) mass is 643 g/mol. The first-order chi connectivity index (χ1) is 24.3. The Kier molecular flexibility index (Phi) is 6.39. The Morgan fingerprint density at radius 3 is 1.96 bits per heavy atom. The van der Waals surface area contributed by atoms with E-state index in [-0.39, 0.29) is 0 Å². The summed E-state index contributed by atoms with van der Waals surface area (Å²) in [5.41, 5.74) is 9.76. The van der Waals surface area contributed by atoms with Crippen molar-refractivity contribution in [3.63, 3.8) is 0 Å². The SMILES string of the molecule is c1ccc(N(c2ccc3c(c2)oc2ccccc23)c2ccccc2-c2cccc3c2sc2ccccc23)c(-c2ccc3ccccc3c2)c1. The number of furan rings is 1. The molecule has 2 heterocycles. The van der Waals surface area contributed by atoms with Crippen LogP contribution in [0.1, 0.15) is 0 Å². The number of hydrogen-bond acceptors (Lipinski definition) is 3. The van der Waals surface area contributed by atoms with Crippen LogP contribution in [0, 0.1) is 0 Å². The molecule has 0 aliphatic carbocycles. The molecule has 3 heteroatoms. The number of benzene rings is 8. The predicted molar refractivity (Wildman–Crippen MR) is 210 cm³/mol. The summed E-state index contributed by atoms with van der Waals surface area (Å²) < 4.78 is 9.06. The van der Waals surface area contributed by atoms with Gasteiger partial charge in [0.15, 0.2) is 0 Å². The van der Waals surface area contributed by atoms with Crippen LogP contribution in [0.4, 0.5) is 17.1 Å². The predicted octanol–water partition coefficient (Wildman–Crippen LogP) is 13.9. The number of thiophene rings is 1. The first kappa shape index (κ1) is 27.9. The van der Waals surface area contributed by atoms with Crippen molar-refractivity contribution >= 4 is 81.3 Å². The normalized spacial score (nSPS) is 11.7. The van der Waals surface area contributed by atoms with Crippen molar-refractivity contribution in [1.29, 1.82) is 0 Å². The van der Waals surface area contributed by atoms with E-state index in [0.29, 0.717) is 0 Å². The second-order valence-electron chi connectivity index (χ2n) is 12.5. The highest BCUT2D eigenvalue weighted by Crippen LogP contribution is 2.48. The maximum atomic E-state index is 6.46. The zero-order valence-corrected chi connectivity index (χ0v) is 27.3. The van der Waals surface area contributed by atoms with E-state index in [1.807, 2.05) is 23.5 Å². The zero-order valence-electron chi connectivity index (χ0n) is 26.5.